The van der Waals surface area contributed by atoms with Crippen molar-refractivity contribution in [3.05, 3.63) is 30.3 Å². The van der Waals surface area contributed by atoms with Crippen LogP contribution in [0.5, 0.6) is 0 Å². The zero-order valence-corrected chi connectivity index (χ0v) is 10.3. The molecule has 1 saturated carbocycles. The number of hydrogen-bond donors (Lipinski definition) is 1. The average molecular weight is 271 g/mol. The van der Waals surface area contributed by atoms with Gasteiger partial charge in [-0.15, -0.1) is 0 Å². The van der Waals surface area contributed by atoms with E-state index < -0.39 is 13.8 Å². The Labute approximate surface area is 94.4 Å². The summed E-state index contributed by atoms with van der Waals surface area (Å²) in [4.78, 5) is 0.0288. The number of aliphatic hydroxyl groups excluding tert-OH is 1. The summed E-state index contributed by atoms with van der Waals surface area (Å²) >= 11 is -2.06. The van der Waals surface area contributed by atoms with E-state index in [1.807, 2.05) is 30.3 Å². The SMILES string of the molecule is O=[Se](c1ccccc1)[C@H]1CCCC[C@@H]1O. The van der Waals surface area contributed by atoms with Crippen molar-refractivity contribution in [2.75, 3.05) is 0 Å². The molecular weight excluding hydrogens is 255 g/mol. The van der Waals surface area contributed by atoms with E-state index in [-0.39, 0.29) is 10.9 Å². The van der Waals surface area contributed by atoms with E-state index in [1.54, 1.807) is 0 Å². The summed E-state index contributed by atoms with van der Waals surface area (Å²) < 4.78 is 13.2. The first-order valence-corrected chi connectivity index (χ1v) is 7.97. The standard InChI is InChI=1S/C12H16O2Se/c13-11-8-4-5-9-12(11)15(14)10-6-2-1-3-7-10/h1-3,6-7,11-13H,4-5,8-9H2/t11-,12-,15?/m0/s1. The van der Waals surface area contributed by atoms with Gasteiger partial charge in [0.05, 0.1) is 0 Å². The zero-order valence-electron chi connectivity index (χ0n) is 8.63. The van der Waals surface area contributed by atoms with Gasteiger partial charge in [0.2, 0.25) is 0 Å². The number of benzene rings is 1. The molecule has 0 saturated heterocycles. The van der Waals surface area contributed by atoms with Crippen molar-refractivity contribution in [3.8, 4) is 0 Å². The Morgan fingerprint density at radius 3 is 2.47 bits per heavy atom. The first kappa shape index (κ1) is 11.0. The second kappa shape index (κ2) is 5.02. The van der Waals surface area contributed by atoms with Crippen molar-refractivity contribution in [1.82, 2.24) is 0 Å². The molecular formula is C12H16O2Se. The molecule has 0 radical (unpaired) electrons. The van der Waals surface area contributed by atoms with Gasteiger partial charge in [-0.2, -0.15) is 0 Å². The van der Waals surface area contributed by atoms with Crippen LogP contribution >= 0.6 is 0 Å². The molecule has 2 rings (SSSR count). The number of rotatable bonds is 2. The van der Waals surface area contributed by atoms with E-state index in [1.165, 1.54) is 0 Å². The van der Waals surface area contributed by atoms with Gasteiger partial charge in [0.1, 0.15) is 0 Å². The Morgan fingerprint density at radius 1 is 1.13 bits per heavy atom. The van der Waals surface area contributed by atoms with Gasteiger partial charge in [-0.3, -0.25) is 0 Å². The Morgan fingerprint density at radius 2 is 1.80 bits per heavy atom. The summed E-state index contributed by atoms with van der Waals surface area (Å²) in [6.45, 7) is 0. The summed E-state index contributed by atoms with van der Waals surface area (Å²) in [6.07, 6.45) is 3.58. The van der Waals surface area contributed by atoms with Crippen LogP contribution in [0, 0.1) is 0 Å². The van der Waals surface area contributed by atoms with Crippen LogP contribution in [0.25, 0.3) is 0 Å². The van der Waals surface area contributed by atoms with Gasteiger partial charge >= 0.3 is 94.2 Å². The minimum atomic E-state index is -2.06. The Balaban J connectivity index is 2.13. The van der Waals surface area contributed by atoms with Crippen LogP contribution in [0.15, 0.2) is 30.3 Å². The second-order valence-electron chi connectivity index (χ2n) is 4.00. The molecule has 3 atom stereocenters. The van der Waals surface area contributed by atoms with E-state index in [9.17, 15) is 8.94 Å². The van der Waals surface area contributed by atoms with Gasteiger partial charge in [0.15, 0.2) is 0 Å². The third-order valence-corrected chi connectivity index (χ3v) is 6.77. The van der Waals surface area contributed by atoms with Crippen molar-refractivity contribution in [2.45, 2.75) is 36.6 Å². The van der Waals surface area contributed by atoms with Gasteiger partial charge in [-0.05, 0) is 0 Å². The predicted molar refractivity (Wildman–Crippen MR) is 60.7 cm³/mol. The van der Waals surface area contributed by atoms with Crippen molar-refractivity contribution < 1.29 is 8.94 Å². The third-order valence-electron chi connectivity index (χ3n) is 2.92. The summed E-state index contributed by atoms with van der Waals surface area (Å²) in [7, 11) is 0. The molecule has 1 unspecified atom stereocenters. The van der Waals surface area contributed by atoms with E-state index in [0.717, 1.165) is 30.1 Å². The van der Waals surface area contributed by atoms with Crippen molar-refractivity contribution in [1.29, 1.82) is 0 Å². The molecule has 0 bridgehead atoms. The fourth-order valence-electron chi connectivity index (χ4n) is 2.06. The van der Waals surface area contributed by atoms with Gasteiger partial charge < -0.3 is 0 Å². The molecule has 0 heterocycles. The Kier molecular flexibility index (Phi) is 3.68. The molecule has 1 N–H and O–H groups in total. The molecule has 2 nitrogen and oxygen atoms in total. The molecule has 1 aromatic rings. The maximum atomic E-state index is 12.3. The minimum absolute atomic E-state index is 0.0288. The normalized spacial score (nSPS) is 28.6. The van der Waals surface area contributed by atoms with Crippen LogP contribution in [0.2, 0.25) is 4.82 Å². The molecule has 1 aliphatic carbocycles. The molecule has 0 amide bonds. The number of aliphatic hydroxyl groups is 1. The topological polar surface area (TPSA) is 37.3 Å². The van der Waals surface area contributed by atoms with Crippen molar-refractivity contribution in [2.24, 2.45) is 0 Å². The molecule has 1 aromatic carbocycles. The van der Waals surface area contributed by atoms with Crippen molar-refractivity contribution >= 4 is 18.3 Å². The van der Waals surface area contributed by atoms with Crippen LogP contribution in [0.4, 0.5) is 0 Å². The molecule has 0 aromatic heterocycles. The van der Waals surface area contributed by atoms with E-state index in [2.05, 4.69) is 0 Å². The monoisotopic (exact) mass is 272 g/mol. The van der Waals surface area contributed by atoms with Crippen molar-refractivity contribution in [3.63, 3.8) is 0 Å². The van der Waals surface area contributed by atoms with Crippen LogP contribution in [-0.2, 0) is 3.83 Å². The summed E-state index contributed by atoms with van der Waals surface area (Å²) in [5.41, 5.74) is 0. The summed E-state index contributed by atoms with van der Waals surface area (Å²) in [5.74, 6) is 0. The fourth-order valence-corrected chi connectivity index (χ4v) is 5.37. The quantitative estimate of drug-likeness (QED) is 0.830. The molecule has 82 valence electrons. The van der Waals surface area contributed by atoms with Gasteiger partial charge in [-0.25, -0.2) is 0 Å². The average Bonchev–Trinajstić information content (AvgIpc) is 2.30. The van der Waals surface area contributed by atoms with Crippen LogP contribution in [0.1, 0.15) is 25.7 Å². The molecule has 0 aliphatic heterocycles. The molecule has 15 heavy (non-hydrogen) atoms. The second-order valence-corrected chi connectivity index (χ2v) is 7.51. The molecule has 1 aliphatic rings. The van der Waals surface area contributed by atoms with E-state index in [0.29, 0.717) is 0 Å². The Bertz CT molecular complexity index is 337. The molecule has 1 fully saturated rings. The van der Waals surface area contributed by atoms with E-state index >= 15 is 0 Å². The Hall–Kier alpha value is -0.501. The van der Waals surface area contributed by atoms with Gasteiger partial charge in [-0.1, -0.05) is 0 Å². The van der Waals surface area contributed by atoms with Gasteiger partial charge in [0, 0.05) is 0 Å². The van der Waals surface area contributed by atoms with Crippen LogP contribution < -0.4 is 4.46 Å². The van der Waals surface area contributed by atoms with Crippen LogP contribution in [-0.4, -0.2) is 25.0 Å². The number of hydrogen-bond acceptors (Lipinski definition) is 2. The summed E-state index contributed by atoms with van der Waals surface area (Å²) in [6, 6.07) is 9.59. The maximum absolute atomic E-state index is 12.3. The van der Waals surface area contributed by atoms with E-state index in [4.69, 9.17) is 0 Å². The van der Waals surface area contributed by atoms with Gasteiger partial charge in [0.25, 0.3) is 0 Å². The summed E-state index contributed by atoms with van der Waals surface area (Å²) in [5, 5.41) is 9.83. The zero-order chi connectivity index (χ0) is 10.7. The fraction of sp³-hybridized carbons (Fsp3) is 0.500. The first-order chi connectivity index (χ1) is 7.29. The third kappa shape index (κ3) is 2.54. The first-order valence-electron chi connectivity index (χ1n) is 5.43. The van der Waals surface area contributed by atoms with Crippen LogP contribution in [0.3, 0.4) is 0 Å². The molecule has 0 spiro atoms. The molecule has 3 heteroatoms. The predicted octanol–water partition coefficient (Wildman–Crippen LogP) is 1.62.